The van der Waals surface area contributed by atoms with Gasteiger partial charge < -0.3 is 22.4 Å². The van der Waals surface area contributed by atoms with Crippen molar-refractivity contribution in [2.24, 2.45) is 5.92 Å². The Bertz CT molecular complexity index is 935. The van der Waals surface area contributed by atoms with Crippen molar-refractivity contribution in [2.45, 2.75) is 18.9 Å². The molecule has 0 aliphatic carbocycles. The minimum absolute atomic E-state index is 0. The first-order valence-corrected chi connectivity index (χ1v) is 9.35. The number of hydrogen-bond donors (Lipinski definition) is 2. The molecule has 160 valence electrons. The number of hydrogen-bond acceptors (Lipinski definition) is 6. The Morgan fingerprint density at radius 2 is 1.57 bits per heavy atom. The third kappa shape index (κ3) is 4.48. The molecule has 3 atom stereocenters. The molecule has 10 heteroatoms. The van der Waals surface area contributed by atoms with E-state index in [0.717, 1.165) is 11.4 Å². The van der Waals surface area contributed by atoms with Gasteiger partial charge >= 0.3 is 0 Å². The fourth-order valence-electron chi connectivity index (χ4n) is 3.90. The van der Waals surface area contributed by atoms with Crippen LogP contribution in [-0.4, -0.2) is 40.4 Å². The third-order valence-electron chi connectivity index (χ3n) is 5.69. The molecule has 2 aromatic rings. The fourth-order valence-corrected chi connectivity index (χ4v) is 3.90. The second-order valence-electron chi connectivity index (χ2n) is 7.26. The summed E-state index contributed by atoms with van der Waals surface area (Å²) in [5, 5.41) is 33.3. The van der Waals surface area contributed by atoms with Gasteiger partial charge in [-0.3, -0.25) is 25.0 Å². The number of nitrogens with zero attached hydrogens (tertiary/aromatic N) is 2. The maximum atomic E-state index is 13.3. The van der Waals surface area contributed by atoms with Crippen LogP contribution in [-0.2, 0) is 5.60 Å². The molecule has 0 radical (unpaired) electrons. The van der Waals surface area contributed by atoms with Gasteiger partial charge in [-0.1, -0.05) is 0 Å². The maximum Gasteiger partial charge on any atom is 0.269 e. The number of quaternary nitrogens is 1. The number of carbonyl (C=O) groups is 1. The minimum Gasteiger partial charge on any atom is -1.00 e. The Kier molecular flexibility index (Phi) is 7.25. The first kappa shape index (κ1) is 23.4. The van der Waals surface area contributed by atoms with Crippen LogP contribution in [0.4, 0.5) is 11.4 Å². The maximum absolute atomic E-state index is 13.3. The molecular formula is C20H22ClN3O6. The average molecular weight is 436 g/mol. The molecule has 9 nitrogen and oxygen atoms in total. The highest BCUT2D eigenvalue weighted by Gasteiger charge is 2.48. The number of likely N-dealkylation sites (tertiary alicyclic amines) is 1. The zero-order chi connectivity index (χ0) is 21.2. The zero-order valence-electron chi connectivity index (χ0n) is 16.3. The Morgan fingerprint density at radius 3 is 2.03 bits per heavy atom. The van der Waals surface area contributed by atoms with E-state index in [1.165, 1.54) is 48.5 Å². The zero-order valence-corrected chi connectivity index (χ0v) is 17.0. The van der Waals surface area contributed by atoms with Gasteiger partial charge in [-0.25, -0.2) is 0 Å². The van der Waals surface area contributed by atoms with Gasteiger partial charge in [0.15, 0.2) is 5.78 Å². The van der Waals surface area contributed by atoms with Crippen LogP contribution < -0.4 is 17.3 Å². The van der Waals surface area contributed by atoms with Gasteiger partial charge in [-0.2, -0.15) is 0 Å². The molecule has 0 spiro atoms. The molecule has 0 bridgehead atoms. The molecule has 1 aliphatic rings. The molecule has 2 aromatic carbocycles. The summed E-state index contributed by atoms with van der Waals surface area (Å²) in [5.74, 6) is -1.07. The predicted octanol–water partition coefficient (Wildman–Crippen LogP) is -1.50. The number of piperidine rings is 1. The predicted molar refractivity (Wildman–Crippen MR) is 104 cm³/mol. The lowest BCUT2D eigenvalue weighted by atomic mass is 9.72. The van der Waals surface area contributed by atoms with E-state index in [-0.39, 0.29) is 29.6 Å². The van der Waals surface area contributed by atoms with Gasteiger partial charge in [0, 0.05) is 36.2 Å². The quantitative estimate of drug-likeness (QED) is 0.323. The van der Waals surface area contributed by atoms with Gasteiger partial charge in [0.05, 0.1) is 29.5 Å². The van der Waals surface area contributed by atoms with Gasteiger partial charge in [0.1, 0.15) is 11.5 Å². The lowest BCUT2D eigenvalue weighted by Crippen LogP contribution is -3.14. The van der Waals surface area contributed by atoms with Gasteiger partial charge in [0.2, 0.25) is 0 Å². The second kappa shape index (κ2) is 9.29. The normalized spacial score (nSPS) is 23.3. The lowest BCUT2D eigenvalue weighted by Gasteiger charge is -2.41. The molecule has 0 aromatic heterocycles. The summed E-state index contributed by atoms with van der Waals surface area (Å²) in [6.45, 7) is 3.85. The molecule has 1 aliphatic heterocycles. The van der Waals surface area contributed by atoms with Crippen molar-refractivity contribution in [2.75, 3.05) is 19.6 Å². The number of nitro benzene ring substituents is 2. The van der Waals surface area contributed by atoms with Gasteiger partial charge in [-0.15, -0.1) is 0 Å². The summed E-state index contributed by atoms with van der Waals surface area (Å²) in [4.78, 5) is 35.1. The largest absolute Gasteiger partial charge is 1.00 e. The summed E-state index contributed by atoms with van der Waals surface area (Å²) in [6.07, 6.45) is 0.331. The van der Waals surface area contributed by atoms with Crippen LogP contribution in [0, 0.1) is 26.1 Å². The first-order valence-electron chi connectivity index (χ1n) is 9.35. The smallest absolute Gasteiger partial charge is 0.269 e. The number of nitro groups is 2. The van der Waals surface area contributed by atoms with Crippen LogP contribution >= 0.6 is 0 Å². The number of ketones is 1. The van der Waals surface area contributed by atoms with E-state index in [2.05, 4.69) is 0 Å². The number of carbonyl (C=O) groups excluding carboxylic acids is 1. The molecule has 0 saturated carbocycles. The highest BCUT2D eigenvalue weighted by atomic mass is 35.5. The van der Waals surface area contributed by atoms with E-state index in [4.69, 9.17) is 0 Å². The SMILES string of the molecule is CC[NH+]1CC[C@@](O)(c2ccc([N+](=O)[O-])cc2)[C@H](C(=O)c2ccc([N+](=O)[O-])cc2)C1.[Cl-]. The number of benzene rings is 2. The summed E-state index contributed by atoms with van der Waals surface area (Å²) < 4.78 is 0. The number of aliphatic hydroxyl groups is 1. The highest BCUT2D eigenvalue weighted by molar-refractivity contribution is 5.99. The number of non-ortho nitro benzene ring substituents is 2. The molecule has 1 saturated heterocycles. The van der Waals surface area contributed by atoms with Gasteiger partial charge in [-0.05, 0) is 36.8 Å². The van der Waals surface area contributed by atoms with Gasteiger partial charge in [0.25, 0.3) is 11.4 Å². The number of halogens is 1. The van der Waals surface area contributed by atoms with E-state index < -0.39 is 21.4 Å². The molecule has 1 heterocycles. The number of nitrogens with one attached hydrogen (secondary N) is 1. The molecule has 3 rings (SSSR count). The second-order valence-corrected chi connectivity index (χ2v) is 7.26. The number of rotatable bonds is 6. The van der Waals surface area contributed by atoms with Crippen LogP contribution in [0.15, 0.2) is 48.5 Å². The van der Waals surface area contributed by atoms with E-state index in [9.17, 15) is 30.1 Å². The Hall–Kier alpha value is -2.88. The third-order valence-corrected chi connectivity index (χ3v) is 5.69. The minimum atomic E-state index is -1.47. The Labute approximate surface area is 179 Å². The topological polar surface area (TPSA) is 128 Å². The molecule has 30 heavy (non-hydrogen) atoms. The van der Waals surface area contributed by atoms with Crippen molar-refractivity contribution >= 4 is 17.2 Å². The van der Waals surface area contributed by atoms with E-state index in [1.54, 1.807) is 0 Å². The highest BCUT2D eigenvalue weighted by Crippen LogP contribution is 2.37. The van der Waals surface area contributed by atoms with Crippen molar-refractivity contribution in [3.63, 3.8) is 0 Å². The van der Waals surface area contributed by atoms with Crippen LogP contribution in [0.25, 0.3) is 0 Å². The fraction of sp³-hybridized carbons (Fsp3) is 0.350. The van der Waals surface area contributed by atoms with Crippen LogP contribution in [0.1, 0.15) is 29.3 Å². The van der Waals surface area contributed by atoms with Crippen molar-refractivity contribution in [1.82, 2.24) is 0 Å². The summed E-state index contributed by atoms with van der Waals surface area (Å²) in [6, 6.07) is 11.0. The molecule has 1 fully saturated rings. The molecule has 0 amide bonds. The number of Topliss-reactive ketones (excluding diaryl/α,β-unsaturated/α-hetero) is 1. The Morgan fingerprint density at radius 1 is 1.07 bits per heavy atom. The van der Waals surface area contributed by atoms with Crippen LogP contribution in [0.5, 0.6) is 0 Å². The first-order chi connectivity index (χ1) is 13.8. The van der Waals surface area contributed by atoms with Crippen molar-refractivity contribution in [3.8, 4) is 0 Å². The average Bonchev–Trinajstić information content (AvgIpc) is 2.73. The van der Waals surface area contributed by atoms with E-state index in [0.29, 0.717) is 30.6 Å². The van der Waals surface area contributed by atoms with Crippen molar-refractivity contribution in [3.05, 3.63) is 79.9 Å². The molecule has 2 N–H and O–H groups in total. The Balaban J connectivity index is 0.00000320. The molecule has 1 unspecified atom stereocenters. The van der Waals surface area contributed by atoms with Crippen LogP contribution in [0.2, 0.25) is 0 Å². The van der Waals surface area contributed by atoms with E-state index in [1.807, 2.05) is 6.92 Å². The van der Waals surface area contributed by atoms with E-state index >= 15 is 0 Å². The summed E-state index contributed by atoms with van der Waals surface area (Å²) in [7, 11) is 0. The van der Waals surface area contributed by atoms with Crippen molar-refractivity contribution in [1.29, 1.82) is 0 Å². The van der Waals surface area contributed by atoms with Crippen LogP contribution in [0.3, 0.4) is 0 Å². The monoisotopic (exact) mass is 435 g/mol. The summed E-state index contributed by atoms with van der Waals surface area (Å²) >= 11 is 0. The lowest BCUT2D eigenvalue weighted by molar-refractivity contribution is -0.908. The standard InChI is InChI=1S/C20H21N3O6.ClH/c1-2-21-12-11-20(25,15-5-9-17(10-6-15)23(28)29)18(13-21)19(24)14-3-7-16(8-4-14)22(26)27;/h3-10,18,25H,2,11-13H2,1H3;1H/t18-,20+;/m0./s1. The molecular weight excluding hydrogens is 414 g/mol. The van der Waals surface area contributed by atoms with Crippen molar-refractivity contribution < 1.29 is 37.1 Å². The summed E-state index contributed by atoms with van der Waals surface area (Å²) in [5.41, 5.74) is -0.923.